The standard InChI is InChI=1S/C26H22ClFN4OS/c1-15-13-20(16(2)31(15)22-14-17(27)6-11-23(22)33)25-24(21-5-3-4-12-29-21)30-26(34)32(25)19-9-7-18(28)8-10-19/h3-14,24-25,33H,1-2H3,(H,30,34). The lowest BCUT2D eigenvalue weighted by molar-refractivity contribution is 0.471. The molecule has 1 aliphatic rings. The first-order chi connectivity index (χ1) is 16.3. The Morgan fingerprint density at radius 2 is 1.82 bits per heavy atom. The minimum atomic E-state index is -0.311. The van der Waals surface area contributed by atoms with E-state index < -0.39 is 0 Å². The van der Waals surface area contributed by atoms with E-state index in [4.69, 9.17) is 23.8 Å². The van der Waals surface area contributed by atoms with Crippen molar-refractivity contribution in [3.8, 4) is 11.4 Å². The smallest absolute Gasteiger partial charge is 0.174 e. The predicted octanol–water partition coefficient (Wildman–Crippen LogP) is 6.16. The largest absolute Gasteiger partial charge is 0.506 e. The van der Waals surface area contributed by atoms with Crippen LogP contribution in [0.3, 0.4) is 0 Å². The molecule has 1 saturated heterocycles. The van der Waals surface area contributed by atoms with E-state index in [1.54, 1.807) is 36.5 Å². The first-order valence-electron chi connectivity index (χ1n) is 10.8. The van der Waals surface area contributed by atoms with Gasteiger partial charge in [-0.1, -0.05) is 17.7 Å². The van der Waals surface area contributed by atoms with Crippen LogP contribution in [0.2, 0.25) is 5.02 Å². The molecule has 3 heterocycles. The number of benzene rings is 2. The third-order valence-corrected chi connectivity index (χ3v) is 6.72. The average Bonchev–Trinajstić information content (AvgIpc) is 3.32. The first-order valence-corrected chi connectivity index (χ1v) is 11.6. The quantitative estimate of drug-likeness (QED) is 0.334. The molecule has 2 aromatic carbocycles. The van der Waals surface area contributed by atoms with E-state index in [9.17, 15) is 9.50 Å². The fourth-order valence-corrected chi connectivity index (χ4v) is 5.20. The van der Waals surface area contributed by atoms with Crippen LogP contribution in [-0.4, -0.2) is 19.8 Å². The van der Waals surface area contributed by atoms with Crippen LogP contribution in [0.1, 0.15) is 34.7 Å². The molecule has 172 valence electrons. The molecule has 0 bridgehead atoms. The summed E-state index contributed by atoms with van der Waals surface area (Å²) in [6.07, 6.45) is 1.75. The number of anilines is 1. The van der Waals surface area contributed by atoms with Gasteiger partial charge < -0.3 is 19.9 Å². The summed E-state index contributed by atoms with van der Waals surface area (Å²) in [6, 6.07) is 18.7. The second kappa shape index (κ2) is 8.74. The molecule has 2 unspecified atom stereocenters. The number of halogens is 2. The summed E-state index contributed by atoms with van der Waals surface area (Å²) < 4.78 is 15.7. The molecule has 2 atom stereocenters. The Kier molecular flexibility index (Phi) is 5.75. The van der Waals surface area contributed by atoms with Gasteiger partial charge in [0, 0.05) is 28.3 Å². The SMILES string of the molecule is Cc1cc(C2C(c3ccccn3)NC(=S)N2c2ccc(F)cc2)c(C)n1-c1cc(Cl)ccc1O. The third-order valence-electron chi connectivity index (χ3n) is 6.17. The fraction of sp³-hybridized carbons (Fsp3) is 0.154. The van der Waals surface area contributed by atoms with Gasteiger partial charge >= 0.3 is 0 Å². The second-order valence-electron chi connectivity index (χ2n) is 8.27. The highest BCUT2D eigenvalue weighted by molar-refractivity contribution is 7.80. The van der Waals surface area contributed by atoms with Crippen LogP contribution in [0.4, 0.5) is 10.1 Å². The van der Waals surface area contributed by atoms with Crippen molar-refractivity contribution in [2.75, 3.05) is 4.90 Å². The Bertz CT molecular complexity index is 1370. The van der Waals surface area contributed by atoms with Crippen LogP contribution in [0.5, 0.6) is 5.75 Å². The molecule has 5 nitrogen and oxygen atoms in total. The van der Waals surface area contributed by atoms with Crippen molar-refractivity contribution in [3.05, 3.63) is 106 Å². The molecule has 5 rings (SSSR count). The van der Waals surface area contributed by atoms with E-state index in [1.807, 2.05) is 41.5 Å². The minimum Gasteiger partial charge on any atom is -0.506 e. The number of phenols is 1. The van der Waals surface area contributed by atoms with Crippen molar-refractivity contribution in [1.29, 1.82) is 0 Å². The summed E-state index contributed by atoms with van der Waals surface area (Å²) in [4.78, 5) is 6.58. The maximum absolute atomic E-state index is 13.7. The zero-order valence-electron chi connectivity index (χ0n) is 18.5. The topological polar surface area (TPSA) is 53.3 Å². The number of aromatic hydroxyl groups is 1. The Hall–Kier alpha value is -3.42. The summed E-state index contributed by atoms with van der Waals surface area (Å²) in [6.45, 7) is 3.98. The highest BCUT2D eigenvalue weighted by Gasteiger charge is 2.42. The second-order valence-corrected chi connectivity index (χ2v) is 9.09. The zero-order chi connectivity index (χ0) is 24.0. The molecular formula is C26H22ClFN4OS. The average molecular weight is 493 g/mol. The molecule has 4 aromatic rings. The van der Waals surface area contributed by atoms with E-state index in [0.717, 1.165) is 28.3 Å². The van der Waals surface area contributed by atoms with Gasteiger partial charge in [-0.15, -0.1) is 0 Å². The van der Waals surface area contributed by atoms with E-state index in [1.165, 1.54) is 12.1 Å². The summed E-state index contributed by atoms with van der Waals surface area (Å²) in [5.74, 6) is -0.177. The number of pyridine rings is 1. The molecular weight excluding hydrogens is 471 g/mol. The van der Waals surface area contributed by atoms with Gasteiger partial charge in [-0.3, -0.25) is 4.98 Å². The fourth-order valence-electron chi connectivity index (χ4n) is 4.68. The molecule has 1 aliphatic heterocycles. The maximum atomic E-state index is 13.7. The molecule has 34 heavy (non-hydrogen) atoms. The third kappa shape index (κ3) is 3.81. The normalized spacial score (nSPS) is 17.8. The minimum absolute atomic E-state index is 0.134. The summed E-state index contributed by atoms with van der Waals surface area (Å²) >= 11 is 12.0. The number of phenolic OH excluding ortho intramolecular Hbond substituents is 1. The summed E-state index contributed by atoms with van der Waals surface area (Å²) in [5.41, 5.74) is 5.09. The van der Waals surface area contributed by atoms with Crippen LogP contribution in [0, 0.1) is 19.7 Å². The van der Waals surface area contributed by atoms with Crippen molar-refractivity contribution >= 4 is 34.6 Å². The zero-order valence-corrected chi connectivity index (χ0v) is 20.1. The monoisotopic (exact) mass is 492 g/mol. The van der Waals surface area contributed by atoms with Crippen LogP contribution in [-0.2, 0) is 0 Å². The lowest BCUT2D eigenvalue weighted by atomic mass is 9.96. The molecule has 0 saturated carbocycles. The molecule has 1 fully saturated rings. The van der Waals surface area contributed by atoms with Gasteiger partial charge in [0.25, 0.3) is 0 Å². The summed E-state index contributed by atoms with van der Waals surface area (Å²) in [5, 5.41) is 15.1. The van der Waals surface area contributed by atoms with Gasteiger partial charge in [0.2, 0.25) is 0 Å². The van der Waals surface area contributed by atoms with Crippen molar-refractivity contribution in [1.82, 2.24) is 14.9 Å². The van der Waals surface area contributed by atoms with Gasteiger partial charge in [-0.05, 0) is 92.3 Å². The Morgan fingerprint density at radius 3 is 2.53 bits per heavy atom. The lowest BCUT2D eigenvalue weighted by Gasteiger charge is -2.28. The van der Waals surface area contributed by atoms with Gasteiger partial charge in [-0.25, -0.2) is 4.39 Å². The number of nitrogens with zero attached hydrogens (tertiary/aromatic N) is 3. The van der Waals surface area contributed by atoms with Gasteiger partial charge in [-0.2, -0.15) is 0 Å². The molecule has 0 amide bonds. The highest BCUT2D eigenvalue weighted by Crippen LogP contribution is 2.44. The van der Waals surface area contributed by atoms with E-state index in [2.05, 4.69) is 16.4 Å². The number of thiocarbonyl (C=S) groups is 1. The predicted molar refractivity (Wildman–Crippen MR) is 136 cm³/mol. The molecule has 8 heteroatoms. The van der Waals surface area contributed by atoms with Crippen LogP contribution in [0.25, 0.3) is 5.69 Å². The van der Waals surface area contributed by atoms with Crippen molar-refractivity contribution in [2.24, 2.45) is 0 Å². The van der Waals surface area contributed by atoms with Gasteiger partial charge in [0.1, 0.15) is 11.6 Å². The molecule has 0 aliphatic carbocycles. The highest BCUT2D eigenvalue weighted by atomic mass is 35.5. The van der Waals surface area contributed by atoms with Crippen molar-refractivity contribution < 1.29 is 9.50 Å². The number of nitrogens with one attached hydrogen (secondary N) is 1. The van der Waals surface area contributed by atoms with E-state index >= 15 is 0 Å². The first kappa shape index (κ1) is 22.4. The van der Waals surface area contributed by atoms with Crippen LogP contribution in [0.15, 0.2) is 72.9 Å². The molecule has 0 spiro atoms. The van der Waals surface area contributed by atoms with Crippen molar-refractivity contribution in [3.63, 3.8) is 0 Å². The van der Waals surface area contributed by atoms with E-state index in [-0.39, 0.29) is 23.7 Å². The number of rotatable bonds is 4. The van der Waals surface area contributed by atoms with Crippen LogP contribution < -0.4 is 10.2 Å². The Morgan fingerprint density at radius 1 is 1.06 bits per heavy atom. The number of hydrogen-bond acceptors (Lipinski definition) is 3. The Balaban J connectivity index is 1.70. The molecule has 2 aromatic heterocycles. The van der Waals surface area contributed by atoms with E-state index in [0.29, 0.717) is 15.8 Å². The number of hydrogen-bond donors (Lipinski definition) is 2. The Labute approximate surface area is 207 Å². The maximum Gasteiger partial charge on any atom is 0.174 e. The van der Waals surface area contributed by atoms with Gasteiger partial charge in [0.05, 0.1) is 23.5 Å². The van der Waals surface area contributed by atoms with Crippen LogP contribution >= 0.6 is 23.8 Å². The number of aryl methyl sites for hydroxylation is 1. The number of aromatic nitrogens is 2. The molecule has 2 N–H and O–H groups in total. The lowest BCUT2D eigenvalue weighted by Crippen LogP contribution is -2.29. The molecule has 0 radical (unpaired) electrons. The van der Waals surface area contributed by atoms with Crippen molar-refractivity contribution in [2.45, 2.75) is 25.9 Å². The van der Waals surface area contributed by atoms with Gasteiger partial charge in [0.15, 0.2) is 5.11 Å². The summed E-state index contributed by atoms with van der Waals surface area (Å²) in [7, 11) is 0.